The molecule has 1 aliphatic heterocycles. The molecule has 0 spiro atoms. The monoisotopic (exact) mass is 369 g/mol. The highest BCUT2D eigenvalue weighted by Crippen LogP contribution is 2.28. The van der Waals surface area contributed by atoms with Crippen LogP contribution in [-0.4, -0.2) is 42.2 Å². The second kappa shape index (κ2) is 9.02. The molecule has 1 saturated heterocycles. The predicted molar refractivity (Wildman–Crippen MR) is 104 cm³/mol. The lowest BCUT2D eigenvalue weighted by atomic mass is 10.0. The fraction of sp³-hybridized carbons (Fsp3) is 0.409. The van der Waals surface area contributed by atoms with Crippen LogP contribution in [0.1, 0.15) is 34.8 Å². The number of rotatable bonds is 7. The van der Waals surface area contributed by atoms with Gasteiger partial charge in [0.15, 0.2) is 0 Å². The summed E-state index contributed by atoms with van der Waals surface area (Å²) in [6.07, 6.45) is 0.135. The van der Waals surface area contributed by atoms with E-state index in [-0.39, 0.29) is 12.5 Å². The van der Waals surface area contributed by atoms with Crippen molar-refractivity contribution < 1.29 is 19.4 Å². The quantitative estimate of drug-likeness (QED) is 0.806. The van der Waals surface area contributed by atoms with Crippen LogP contribution >= 0.6 is 0 Å². The lowest BCUT2D eigenvalue weighted by Crippen LogP contribution is -2.39. The molecule has 1 N–H and O–H groups in total. The third kappa shape index (κ3) is 5.55. The highest BCUT2D eigenvalue weighted by Gasteiger charge is 2.23. The normalized spacial score (nSPS) is 17.6. The second-order valence-corrected chi connectivity index (χ2v) is 7.10. The Morgan fingerprint density at radius 3 is 2.85 bits per heavy atom. The van der Waals surface area contributed by atoms with Crippen LogP contribution in [0.5, 0.6) is 5.75 Å². The predicted octanol–water partition coefficient (Wildman–Crippen LogP) is 3.73. The first-order valence-electron chi connectivity index (χ1n) is 9.36. The molecule has 1 atom stereocenters. The third-order valence-electron chi connectivity index (χ3n) is 4.87. The number of carbonyl (C=O) groups is 1. The van der Waals surface area contributed by atoms with Gasteiger partial charge in [-0.2, -0.15) is 0 Å². The summed E-state index contributed by atoms with van der Waals surface area (Å²) in [5, 5.41) is 8.88. The van der Waals surface area contributed by atoms with Crippen LogP contribution < -0.4 is 4.74 Å². The first kappa shape index (κ1) is 19.4. The number of hydrogen-bond acceptors (Lipinski definition) is 4. The lowest BCUT2D eigenvalue weighted by Gasteiger charge is -2.33. The van der Waals surface area contributed by atoms with E-state index >= 15 is 0 Å². The highest BCUT2D eigenvalue weighted by atomic mass is 16.5. The number of benzene rings is 2. The third-order valence-corrected chi connectivity index (χ3v) is 4.87. The van der Waals surface area contributed by atoms with E-state index in [1.807, 2.05) is 18.2 Å². The minimum Gasteiger partial charge on any atom is -0.489 e. The fourth-order valence-electron chi connectivity index (χ4n) is 3.42. The van der Waals surface area contributed by atoms with Crippen LogP contribution in [0, 0.1) is 13.8 Å². The van der Waals surface area contributed by atoms with Gasteiger partial charge in [0.2, 0.25) is 0 Å². The molecule has 5 heteroatoms. The maximum atomic E-state index is 10.8. The summed E-state index contributed by atoms with van der Waals surface area (Å²) < 4.78 is 11.9. The van der Waals surface area contributed by atoms with E-state index in [0.717, 1.165) is 35.5 Å². The highest BCUT2D eigenvalue weighted by molar-refractivity contribution is 5.66. The molecule has 1 unspecified atom stereocenters. The number of ether oxygens (including phenoxy) is 2. The van der Waals surface area contributed by atoms with Crippen molar-refractivity contribution in [2.24, 2.45) is 0 Å². The van der Waals surface area contributed by atoms with Gasteiger partial charge in [-0.3, -0.25) is 9.69 Å². The van der Waals surface area contributed by atoms with Crippen LogP contribution in [0.4, 0.5) is 0 Å². The Bertz CT molecular complexity index is 790. The summed E-state index contributed by atoms with van der Waals surface area (Å²) in [5.41, 5.74) is 4.64. The molecule has 0 aliphatic carbocycles. The van der Waals surface area contributed by atoms with Crippen molar-refractivity contribution in [2.45, 2.75) is 33.0 Å². The molecule has 0 saturated carbocycles. The molecule has 27 heavy (non-hydrogen) atoms. The summed E-state index contributed by atoms with van der Waals surface area (Å²) in [6.45, 7) is 7.36. The van der Waals surface area contributed by atoms with E-state index in [4.69, 9.17) is 14.6 Å². The molecule has 0 amide bonds. The molecular formula is C22H27NO4. The summed E-state index contributed by atoms with van der Waals surface area (Å²) in [6, 6.07) is 14.4. The lowest BCUT2D eigenvalue weighted by molar-refractivity contribution is -0.137. The van der Waals surface area contributed by atoms with E-state index in [1.165, 1.54) is 5.56 Å². The van der Waals surface area contributed by atoms with Gasteiger partial charge in [-0.25, -0.2) is 0 Å². The largest absolute Gasteiger partial charge is 0.489 e. The Hall–Kier alpha value is -2.37. The number of morpholine rings is 1. The maximum absolute atomic E-state index is 10.8. The molecule has 144 valence electrons. The number of carboxylic acids is 1. The van der Waals surface area contributed by atoms with Crippen molar-refractivity contribution in [1.29, 1.82) is 0 Å². The smallest absolute Gasteiger partial charge is 0.304 e. The van der Waals surface area contributed by atoms with Crippen LogP contribution in [-0.2, 0) is 16.1 Å². The summed E-state index contributed by atoms with van der Waals surface area (Å²) in [4.78, 5) is 13.0. The molecule has 2 aromatic rings. The second-order valence-electron chi connectivity index (χ2n) is 7.10. The first-order valence-corrected chi connectivity index (χ1v) is 9.36. The standard InChI is InChI=1S/C22H27NO4/c1-16-4-3-5-18(12-16)15-27-19-6-7-20(17(2)13-19)21-14-23(10-11-26-21)9-8-22(24)25/h3-7,12-13,21H,8-11,14-15H2,1-2H3,(H,24,25). The van der Waals surface area contributed by atoms with Crippen molar-refractivity contribution in [3.63, 3.8) is 0 Å². The van der Waals surface area contributed by atoms with E-state index in [9.17, 15) is 4.79 Å². The van der Waals surface area contributed by atoms with Gasteiger partial charge in [0.25, 0.3) is 0 Å². The van der Waals surface area contributed by atoms with Gasteiger partial charge in [0, 0.05) is 19.6 Å². The number of carboxylic acid groups (broad SMARTS) is 1. The minimum atomic E-state index is -0.760. The molecule has 2 aromatic carbocycles. The molecule has 0 bridgehead atoms. The van der Waals surface area contributed by atoms with Gasteiger partial charge in [0.05, 0.1) is 19.1 Å². The number of nitrogens with zero attached hydrogens (tertiary/aromatic N) is 1. The van der Waals surface area contributed by atoms with Crippen molar-refractivity contribution in [2.75, 3.05) is 26.2 Å². The molecule has 0 radical (unpaired) electrons. The van der Waals surface area contributed by atoms with Gasteiger partial charge < -0.3 is 14.6 Å². The molecule has 1 fully saturated rings. The Morgan fingerprint density at radius 1 is 1.26 bits per heavy atom. The summed E-state index contributed by atoms with van der Waals surface area (Å²) >= 11 is 0. The maximum Gasteiger partial charge on any atom is 0.304 e. The number of aliphatic carboxylic acids is 1. The van der Waals surface area contributed by atoms with Crippen molar-refractivity contribution in [1.82, 2.24) is 4.90 Å². The van der Waals surface area contributed by atoms with Gasteiger partial charge >= 0.3 is 5.97 Å². The topological polar surface area (TPSA) is 59.0 Å². The molecule has 1 aliphatic rings. The molecule has 0 aromatic heterocycles. The van der Waals surface area contributed by atoms with Crippen molar-refractivity contribution >= 4 is 5.97 Å². The molecule has 5 nitrogen and oxygen atoms in total. The molecule has 3 rings (SSSR count). The Morgan fingerprint density at radius 2 is 2.11 bits per heavy atom. The van der Waals surface area contributed by atoms with Gasteiger partial charge in [-0.15, -0.1) is 0 Å². The van der Waals surface area contributed by atoms with E-state index < -0.39 is 5.97 Å². The first-order chi connectivity index (χ1) is 13.0. The van der Waals surface area contributed by atoms with E-state index in [1.54, 1.807) is 0 Å². The van der Waals surface area contributed by atoms with Crippen LogP contribution in [0.2, 0.25) is 0 Å². The van der Waals surface area contributed by atoms with E-state index in [2.05, 4.69) is 43.0 Å². The average Bonchev–Trinajstić information content (AvgIpc) is 2.65. The van der Waals surface area contributed by atoms with E-state index in [0.29, 0.717) is 19.8 Å². The van der Waals surface area contributed by atoms with Crippen LogP contribution in [0.3, 0.4) is 0 Å². The summed E-state index contributed by atoms with van der Waals surface area (Å²) in [5.74, 6) is 0.0839. The zero-order valence-corrected chi connectivity index (χ0v) is 16.0. The van der Waals surface area contributed by atoms with Crippen LogP contribution in [0.25, 0.3) is 0 Å². The Labute approximate surface area is 160 Å². The van der Waals surface area contributed by atoms with Crippen LogP contribution in [0.15, 0.2) is 42.5 Å². The van der Waals surface area contributed by atoms with Gasteiger partial charge in [-0.1, -0.05) is 35.9 Å². The Balaban J connectivity index is 1.61. The number of aryl methyl sites for hydroxylation is 2. The minimum absolute atomic E-state index is 0.0293. The van der Waals surface area contributed by atoms with Gasteiger partial charge in [-0.05, 0) is 42.7 Å². The van der Waals surface area contributed by atoms with Gasteiger partial charge in [0.1, 0.15) is 12.4 Å². The molecular weight excluding hydrogens is 342 g/mol. The fourth-order valence-corrected chi connectivity index (χ4v) is 3.42. The zero-order valence-electron chi connectivity index (χ0n) is 16.0. The number of hydrogen-bond donors (Lipinski definition) is 1. The average molecular weight is 369 g/mol. The van der Waals surface area contributed by atoms with Crippen molar-refractivity contribution in [3.8, 4) is 5.75 Å². The zero-order chi connectivity index (χ0) is 19.2. The SMILES string of the molecule is Cc1cccc(COc2ccc(C3CN(CCC(=O)O)CCO3)c(C)c2)c1. The molecule has 1 heterocycles. The van der Waals surface area contributed by atoms with Crippen molar-refractivity contribution in [3.05, 3.63) is 64.7 Å². The Kier molecular flexibility index (Phi) is 6.48. The summed E-state index contributed by atoms with van der Waals surface area (Å²) in [7, 11) is 0.